The Bertz CT molecular complexity index is 314. The maximum Gasteiger partial charge on any atom is 0.329 e. The van der Waals surface area contributed by atoms with Gasteiger partial charge in [-0.2, -0.15) is 0 Å². The summed E-state index contributed by atoms with van der Waals surface area (Å²) < 4.78 is 1.80. The molecule has 3 heteroatoms. The minimum Gasteiger partial charge on any atom is -0.479 e. The molecule has 0 radical (unpaired) electrons. The van der Waals surface area contributed by atoms with Crippen LogP contribution in [0, 0.1) is 5.92 Å². The lowest BCUT2D eigenvalue weighted by molar-refractivity contribution is -0.147. The summed E-state index contributed by atoms with van der Waals surface area (Å²) in [5, 5.41) is 9.19. The largest absolute Gasteiger partial charge is 0.479 e. The zero-order chi connectivity index (χ0) is 9.47. The predicted molar refractivity (Wildman–Crippen MR) is 48.4 cm³/mol. The van der Waals surface area contributed by atoms with Crippen molar-refractivity contribution in [1.82, 2.24) is 4.57 Å². The third kappa shape index (κ3) is 1.15. The van der Waals surface area contributed by atoms with Crippen LogP contribution < -0.4 is 0 Å². The van der Waals surface area contributed by atoms with E-state index in [9.17, 15) is 9.90 Å². The van der Waals surface area contributed by atoms with Gasteiger partial charge in [0.1, 0.15) is 5.54 Å². The second-order valence-corrected chi connectivity index (χ2v) is 3.82. The van der Waals surface area contributed by atoms with Crippen LogP contribution in [0.1, 0.15) is 19.8 Å². The van der Waals surface area contributed by atoms with Crippen molar-refractivity contribution in [2.24, 2.45) is 5.92 Å². The Labute approximate surface area is 77.0 Å². The Morgan fingerprint density at radius 3 is 2.38 bits per heavy atom. The zero-order valence-corrected chi connectivity index (χ0v) is 7.60. The summed E-state index contributed by atoms with van der Waals surface area (Å²) in [6.07, 6.45) is 5.71. The fourth-order valence-corrected chi connectivity index (χ4v) is 1.79. The first kappa shape index (κ1) is 8.35. The maximum absolute atomic E-state index is 11.2. The Kier molecular flexibility index (Phi) is 1.68. The van der Waals surface area contributed by atoms with E-state index in [-0.39, 0.29) is 0 Å². The molecule has 1 saturated carbocycles. The molecule has 1 aromatic rings. The Morgan fingerprint density at radius 2 is 2.00 bits per heavy atom. The summed E-state index contributed by atoms with van der Waals surface area (Å²) in [4.78, 5) is 11.2. The molecule has 1 fully saturated rings. The van der Waals surface area contributed by atoms with Crippen molar-refractivity contribution < 1.29 is 9.90 Å². The second-order valence-electron chi connectivity index (χ2n) is 3.82. The highest BCUT2D eigenvalue weighted by Crippen LogP contribution is 2.44. The summed E-state index contributed by atoms with van der Waals surface area (Å²) in [7, 11) is 0. The third-order valence-electron chi connectivity index (χ3n) is 2.95. The first-order valence-electron chi connectivity index (χ1n) is 4.52. The van der Waals surface area contributed by atoms with Crippen LogP contribution in [0.25, 0.3) is 0 Å². The van der Waals surface area contributed by atoms with Crippen LogP contribution >= 0.6 is 0 Å². The molecule has 13 heavy (non-hydrogen) atoms. The highest BCUT2D eigenvalue weighted by atomic mass is 16.4. The fourth-order valence-electron chi connectivity index (χ4n) is 1.79. The molecule has 2 rings (SSSR count). The molecule has 1 aliphatic rings. The van der Waals surface area contributed by atoms with Gasteiger partial charge in [-0.15, -0.1) is 0 Å². The number of aromatic nitrogens is 1. The monoisotopic (exact) mass is 179 g/mol. The van der Waals surface area contributed by atoms with Gasteiger partial charge in [-0.3, -0.25) is 0 Å². The Balaban J connectivity index is 2.38. The summed E-state index contributed by atoms with van der Waals surface area (Å²) in [5.74, 6) is -0.427. The number of nitrogens with zero attached hydrogens (tertiary/aromatic N) is 1. The first-order chi connectivity index (χ1) is 6.15. The number of hydrogen-bond donors (Lipinski definition) is 1. The lowest BCUT2D eigenvalue weighted by Gasteiger charge is -2.26. The van der Waals surface area contributed by atoms with Gasteiger partial charge in [0.25, 0.3) is 0 Å². The Hall–Kier alpha value is -1.25. The molecule has 1 unspecified atom stereocenters. The van der Waals surface area contributed by atoms with E-state index in [1.807, 2.05) is 24.5 Å². The molecule has 1 aromatic heterocycles. The molecule has 1 atom stereocenters. The van der Waals surface area contributed by atoms with E-state index in [1.165, 1.54) is 0 Å². The van der Waals surface area contributed by atoms with E-state index in [2.05, 4.69) is 0 Å². The number of aliphatic carboxylic acids is 1. The van der Waals surface area contributed by atoms with Crippen molar-refractivity contribution in [2.75, 3.05) is 0 Å². The van der Waals surface area contributed by atoms with Gasteiger partial charge in [0.2, 0.25) is 0 Å². The van der Waals surface area contributed by atoms with Crippen molar-refractivity contribution in [3.05, 3.63) is 24.5 Å². The average molecular weight is 179 g/mol. The van der Waals surface area contributed by atoms with Gasteiger partial charge in [-0.25, -0.2) is 4.79 Å². The van der Waals surface area contributed by atoms with Crippen LogP contribution in [0.15, 0.2) is 24.5 Å². The van der Waals surface area contributed by atoms with E-state index < -0.39 is 11.5 Å². The van der Waals surface area contributed by atoms with Crippen LogP contribution in [0.4, 0.5) is 0 Å². The van der Waals surface area contributed by atoms with Crippen LogP contribution in [0.2, 0.25) is 0 Å². The molecule has 0 aliphatic heterocycles. The molecule has 0 saturated heterocycles. The molecule has 0 bridgehead atoms. The number of carboxylic acid groups (broad SMARTS) is 1. The van der Waals surface area contributed by atoms with Crippen LogP contribution in [-0.2, 0) is 10.3 Å². The second kappa shape index (κ2) is 2.62. The van der Waals surface area contributed by atoms with E-state index in [0.717, 1.165) is 12.8 Å². The van der Waals surface area contributed by atoms with Crippen LogP contribution in [0.5, 0.6) is 0 Å². The van der Waals surface area contributed by atoms with Crippen LogP contribution in [0.3, 0.4) is 0 Å². The molecule has 1 heterocycles. The number of hydrogen-bond acceptors (Lipinski definition) is 1. The molecule has 1 aliphatic carbocycles. The average Bonchev–Trinajstić information content (AvgIpc) is 2.80. The quantitative estimate of drug-likeness (QED) is 0.767. The normalized spacial score (nSPS) is 21.0. The van der Waals surface area contributed by atoms with Crippen molar-refractivity contribution in [2.45, 2.75) is 25.3 Å². The number of rotatable bonds is 3. The van der Waals surface area contributed by atoms with Gasteiger partial charge in [-0.05, 0) is 37.8 Å². The summed E-state index contributed by atoms with van der Waals surface area (Å²) in [6, 6.07) is 3.73. The van der Waals surface area contributed by atoms with Crippen molar-refractivity contribution in [3.63, 3.8) is 0 Å². The van der Waals surface area contributed by atoms with Crippen molar-refractivity contribution in [3.8, 4) is 0 Å². The van der Waals surface area contributed by atoms with E-state index in [0.29, 0.717) is 5.92 Å². The highest BCUT2D eigenvalue weighted by Gasteiger charge is 2.48. The van der Waals surface area contributed by atoms with Crippen LogP contribution in [-0.4, -0.2) is 15.6 Å². The summed E-state index contributed by atoms with van der Waals surface area (Å²) in [6.45, 7) is 1.80. The van der Waals surface area contributed by atoms with Crippen molar-refractivity contribution in [1.29, 1.82) is 0 Å². The van der Waals surface area contributed by atoms with Gasteiger partial charge in [0.15, 0.2) is 0 Å². The van der Waals surface area contributed by atoms with Gasteiger partial charge in [-0.1, -0.05) is 0 Å². The molecular formula is C10H13NO2. The van der Waals surface area contributed by atoms with E-state index in [1.54, 1.807) is 11.5 Å². The summed E-state index contributed by atoms with van der Waals surface area (Å²) >= 11 is 0. The molecule has 70 valence electrons. The molecule has 0 aromatic carbocycles. The third-order valence-corrected chi connectivity index (χ3v) is 2.95. The van der Waals surface area contributed by atoms with Gasteiger partial charge in [0, 0.05) is 12.4 Å². The minimum atomic E-state index is -0.733. The molecule has 0 amide bonds. The lowest BCUT2D eigenvalue weighted by Crippen LogP contribution is -2.40. The SMILES string of the molecule is CC(C(=O)O)(C1CC1)n1cccc1. The van der Waals surface area contributed by atoms with E-state index >= 15 is 0 Å². The standard InChI is InChI=1S/C10H13NO2/c1-10(9(12)13,8-4-5-8)11-6-2-3-7-11/h2-3,6-8H,4-5H2,1H3,(H,12,13). The number of carboxylic acids is 1. The van der Waals surface area contributed by atoms with Gasteiger partial charge in [0.05, 0.1) is 0 Å². The zero-order valence-electron chi connectivity index (χ0n) is 7.60. The van der Waals surface area contributed by atoms with Gasteiger partial charge >= 0.3 is 5.97 Å². The summed E-state index contributed by atoms with van der Waals surface area (Å²) in [5.41, 5.74) is -0.733. The minimum absolute atomic E-state index is 0.303. The van der Waals surface area contributed by atoms with Crippen molar-refractivity contribution >= 4 is 5.97 Å². The smallest absolute Gasteiger partial charge is 0.329 e. The predicted octanol–water partition coefficient (Wildman–Crippen LogP) is 1.70. The maximum atomic E-state index is 11.2. The molecular weight excluding hydrogens is 166 g/mol. The fraction of sp³-hybridized carbons (Fsp3) is 0.500. The number of carbonyl (C=O) groups is 1. The molecule has 0 spiro atoms. The topological polar surface area (TPSA) is 42.2 Å². The molecule has 1 N–H and O–H groups in total. The molecule has 3 nitrogen and oxygen atoms in total. The first-order valence-corrected chi connectivity index (χ1v) is 4.52. The highest BCUT2D eigenvalue weighted by molar-refractivity contribution is 5.77. The lowest BCUT2D eigenvalue weighted by atomic mass is 9.96. The van der Waals surface area contributed by atoms with E-state index in [4.69, 9.17) is 0 Å². The van der Waals surface area contributed by atoms with Gasteiger partial charge < -0.3 is 9.67 Å². The Morgan fingerprint density at radius 1 is 1.46 bits per heavy atom.